The van der Waals surface area contributed by atoms with Crippen LogP contribution in [0.25, 0.3) is 10.9 Å². The Hall–Kier alpha value is -2.14. The molecule has 0 saturated carbocycles. The first-order chi connectivity index (χ1) is 11.5. The zero-order valence-corrected chi connectivity index (χ0v) is 14.6. The fourth-order valence-electron chi connectivity index (χ4n) is 3.54. The Morgan fingerprint density at radius 1 is 1.42 bits per heavy atom. The molecule has 128 valence electrons. The number of benzene rings is 1. The number of aryl methyl sites for hydroxylation is 1. The summed E-state index contributed by atoms with van der Waals surface area (Å²) in [6.45, 7) is 5.40. The lowest BCUT2D eigenvalue weighted by molar-refractivity contribution is 0.0575. The van der Waals surface area contributed by atoms with Gasteiger partial charge in [-0.1, -0.05) is 6.92 Å². The summed E-state index contributed by atoms with van der Waals surface area (Å²) >= 11 is 0. The first-order valence-corrected chi connectivity index (χ1v) is 8.50. The number of hydrogen-bond acceptors (Lipinski definition) is 4. The first-order valence-electron chi connectivity index (χ1n) is 8.50. The van der Waals surface area contributed by atoms with Crippen LogP contribution in [-0.4, -0.2) is 42.0 Å². The second-order valence-corrected chi connectivity index (χ2v) is 6.71. The number of carbonyl (C=O) groups excluding carboxylic acids is 1. The largest absolute Gasteiger partial charge is 0.497 e. The maximum Gasteiger partial charge on any atom is 0.254 e. The quantitative estimate of drug-likeness (QED) is 0.941. The van der Waals surface area contributed by atoms with Crippen LogP contribution < -0.4 is 10.5 Å². The Labute approximate surface area is 142 Å². The van der Waals surface area contributed by atoms with Crippen molar-refractivity contribution in [2.75, 3.05) is 20.2 Å². The molecule has 1 aliphatic heterocycles. The maximum absolute atomic E-state index is 13.2. The van der Waals surface area contributed by atoms with Crippen molar-refractivity contribution in [3.63, 3.8) is 0 Å². The van der Waals surface area contributed by atoms with Gasteiger partial charge in [-0.05, 0) is 49.9 Å². The van der Waals surface area contributed by atoms with Crippen LogP contribution in [-0.2, 0) is 0 Å². The van der Waals surface area contributed by atoms with Crippen LogP contribution in [0.1, 0.15) is 35.8 Å². The van der Waals surface area contributed by atoms with Gasteiger partial charge in [-0.3, -0.25) is 9.78 Å². The van der Waals surface area contributed by atoms with E-state index in [0.717, 1.165) is 41.7 Å². The van der Waals surface area contributed by atoms with Crippen molar-refractivity contribution in [1.29, 1.82) is 0 Å². The molecule has 1 amide bonds. The third kappa shape index (κ3) is 3.08. The predicted octanol–water partition coefficient (Wildman–Crippen LogP) is 2.75. The van der Waals surface area contributed by atoms with Gasteiger partial charge in [-0.2, -0.15) is 0 Å². The number of piperidine rings is 1. The number of amides is 1. The van der Waals surface area contributed by atoms with E-state index in [1.54, 1.807) is 7.11 Å². The van der Waals surface area contributed by atoms with Gasteiger partial charge in [-0.25, -0.2) is 0 Å². The smallest absolute Gasteiger partial charge is 0.254 e. The van der Waals surface area contributed by atoms with E-state index >= 15 is 0 Å². The second kappa shape index (κ2) is 6.77. The zero-order chi connectivity index (χ0) is 17.3. The molecule has 5 nitrogen and oxygen atoms in total. The number of rotatable bonds is 3. The molecule has 2 N–H and O–H groups in total. The van der Waals surface area contributed by atoms with E-state index in [4.69, 9.17) is 10.5 Å². The first kappa shape index (κ1) is 16.7. The average molecular weight is 327 g/mol. The lowest BCUT2D eigenvalue weighted by Crippen LogP contribution is -2.49. The number of aromatic nitrogens is 1. The van der Waals surface area contributed by atoms with Crippen LogP contribution in [0.5, 0.6) is 5.75 Å². The number of ether oxygens (including phenoxy) is 1. The van der Waals surface area contributed by atoms with Crippen molar-refractivity contribution < 1.29 is 9.53 Å². The van der Waals surface area contributed by atoms with Crippen molar-refractivity contribution in [2.45, 2.75) is 32.7 Å². The Morgan fingerprint density at radius 2 is 2.21 bits per heavy atom. The summed E-state index contributed by atoms with van der Waals surface area (Å²) in [6, 6.07) is 7.63. The summed E-state index contributed by atoms with van der Waals surface area (Å²) in [5.41, 5.74) is 8.27. The van der Waals surface area contributed by atoms with E-state index in [1.807, 2.05) is 36.1 Å². The molecule has 5 heteroatoms. The number of fused-ring (bicyclic) bond motifs is 1. The summed E-state index contributed by atoms with van der Waals surface area (Å²) in [5, 5.41) is 0.833. The summed E-state index contributed by atoms with van der Waals surface area (Å²) < 4.78 is 5.32. The predicted molar refractivity (Wildman–Crippen MR) is 95.3 cm³/mol. The number of methoxy groups -OCH3 is 1. The van der Waals surface area contributed by atoms with Crippen LogP contribution in [0.3, 0.4) is 0 Å². The lowest BCUT2D eigenvalue weighted by Gasteiger charge is -2.38. The molecule has 1 aromatic heterocycles. The molecule has 0 radical (unpaired) electrons. The van der Waals surface area contributed by atoms with E-state index in [-0.39, 0.29) is 11.9 Å². The highest BCUT2D eigenvalue weighted by atomic mass is 16.5. The van der Waals surface area contributed by atoms with Gasteiger partial charge in [0.05, 0.1) is 18.2 Å². The number of nitrogens with two attached hydrogens (primary N) is 1. The SMILES string of the molecule is COc1ccc2nc(C)cc(C(=O)N3CCC(C)CC3CN)c2c1. The molecular weight excluding hydrogens is 302 g/mol. The topological polar surface area (TPSA) is 68.5 Å². The molecule has 2 atom stereocenters. The summed E-state index contributed by atoms with van der Waals surface area (Å²) in [5.74, 6) is 1.38. The zero-order valence-electron chi connectivity index (χ0n) is 14.6. The Kier molecular flexibility index (Phi) is 4.71. The minimum Gasteiger partial charge on any atom is -0.497 e. The highest BCUT2D eigenvalue weighted by molar-refractivity contribution is 6.06. The van der Waals surface area contributed by atoms with Gasteiger partial charge in [-0.15, -0.1) is 0 Å². The molecule has 3 rings (SSSR count). The number of pyridine rings is 1. The normalized spacial score (nSPS) is 21.1. The lowest BCUT2D eigenvalue weighted by atomic mass is 9.91. The standard InChI is InChI=1S/C19H25N3O2/c1-12-6-7-22(14(8-12)11-20)19(23)17-9-13(2)21-18-5-4-15(24-3)10-16(17)18/h4-5,9-10,12,14H,6-8,11,20H2,1-3H3. The molecule has 2 aromatic rings. The van der Waals surface area contributed by atoms with E-state index in [2.05, 4.69) is 11.9 Å². The molecule has 24 heavy (non-hydrogen) atoms. The highest BCUT2D eigenvalue weighted by Gasteiger charge is 2.30. The molecule has 2 unspecified atom stereocenters. The van der Waals surface area contributed by atoms with E-state index in [1.165, 1.54) is 0 Å². The fraction of sp³-hybridized carbons (Fsp3) is 0.474. The third-order valence-electron chi connectivity index (χ3n) is 4.89. The van der Waals surface area contributed by atoms with Crippen LogP contribution in [0.4, 0.5) is 0 Å². The molecule has 1 saturated heterocycles. The Morgan fingerprint density at radius 3 is 2.92 bits per heavy atom. The van der Waals surface area contributed by atoms with E-state index in [0.29, 0.717) is 18.0 Å². The van der Waals surface area contributed by atoms with Crippen molar-refractivity contribution >= 4 is 16.8 Å². The van der Waals surface area contributed by atoms with Crippen LogP contribution in [0, 0.1) is 12.8 Å². The van der Waals surface area contributed by atoms with Crippen molar-refractivity contribution in [3.05, 3.63) is 35.5 Å². The van der Waals surface area contributed by atoms with E-state index < -0.39 is 0 Å². The van der Waals surface area contributed by atoms with Gasteiger partial charge in [0.25, 0.3) is 5.91 Å². The van der Waals surface area contributed by atoms with Crippen LogP contribution in [0.2, 0.25) is 0 Å². The Bertz CT molecular complexity index is 760. The van der Waals surface area contributed by atoms with E-state index in [9.17, 15) is 4.79 Å². The third-order valence-corrected chi connectivity index (χ3v) is 4.89. The molecule has 0 aliphatic carbocycles. The maximum atomic E-state index is 13.2. The molecule has 1 aromatic carbocycles. The van der Waals surface area contributed by atoms with Crippen LogP contribution in [0.15, 0.2) is 24.3 Å². The molecule has 1 fully saturated rings. The average Bonchev–Trinajstić information content (AvgIpc) is 2.59. The summed E-state index contributed by atoms with van der Waals surface area (Å²) in [6.07, 6.45) is 1.99. The van der Waals surface area contributed by atoms with Crippen molar-refractivity contribution in [1.82, 2.24) is 9.88 Å². The molecule has 1 aliphatic rings. The fourth-order valence-corrected chi connectivity index (χ4v) is 3.54. The number of nitrogens with zero attached hydrogens (tertiary/aromatic N) is 2. The van der Waals surface area contributed by atoms with Crippen molar-refractivity contribution in [2.24, 2.45) is 11.7 Å². The van der Waals surface area contributed by atoms with Gasteiger partial charge in [0.2, 0.25) is 0 Å². The second-order valence-electron chi connectivity index (χ2n) is 6.71. The van der Waals surface area contributed by atoms with Gasteiger partial charge in [0.1, 0.15) is 5.75 Å². The number of hydrogen-bond donors (Lipinski definition) is 1. The number of carbonyl (C=O) groups is 1. The van der Waals surface area contributed by atoms with Crippen LogP contribution >= 0.6 is 0 Å². The number of likely N-dealkylation sites (tertiary alicyclic amines) is 1. The molecule has 0 spiro atoms. The minimum atomic E-state index is 0.0427. The van der Waals surface area contributed by atoms with Gasteiger partial charge >= 0.3 is 0 Å². The minimum absolute atomic E-state index is 0.0427. The van der Waals surface area contributed by atoms with Crippen molar-refractivity contribution in [3.8, 4) is 5.75 Å². The molecule has 2 heterocycles. The van der Waals surface area contributed by atoms with Gasteiger partial charge in [0, 0.05) is 30.2 Å². The van der Waals surface area contributed by atoms with Gasteiger partial charge in [0.15, 0.2) is 0 Å². The molecule has 0 bridgehead atoms. The summed E-state index contributed by atoms with van der Waals surface area (Å²) in [4.78, 5) is 19.7. The highest BCUT2D eigenvalue weighted by Crippen LogP contribution is 2.28. The monoisotopic (exact) mass is 327 g/mol. The van der Waals surface area contributed by atoms with Gasteiger partial charge < -0.3 is 15.4 Å². The Balaban J connectivity index is 2.05. The molecular formula is C19H25N3O2. The summed E-state index contributed by atoms with van der Waals surface area (Å²) in [7, 11) is 1.63.